The van der Waals surface area contributed by atoms with Crippen molar-refractivity contribution in [2.75, 3.05) is 0 Å². The number of benzene rings is 2. The summed E-state index contributed by atoms with van der Waals surface area (Å²) in [7, 11) is 0. The average molecular weight is 502 g/mol. The SMILES string of the molecule is CC1(C)CC(n2cn[nH]c2=O)c2cc(-c3ccc(Cl)cc3)c(-c3ccc(Cl)cc3Cl)nc2O1. The van der Waals surface area contributed by atoms with Crippen molar-refractivity contribution < 1.29 is 4.74 Å². The molecule has 0 aliphatic carbocycles. The summed E-state index contributed by atoms with van der Waals surface area (Å²) in [6, 6.07) is 14.5. The number of nitrogens with one attached hydrogen (secondary N) is 1. The Balaban J connectivity index is 1.79. The second kappa shape index (κ2) is 8.20. The third kappa shape index (κ3) is 4.14. The van der Waals surface area contributed by atoms with Gasteiger partial charge >= 0.3 is 5.69 Å². The quantitative estimate of drug-likeness (QED) is 0.352. The highest BCUT2D eigenvalue weighted by Crippen LogP contribution is 2.45. The normalized spacial score (nSPS) is 16.8. The minimum Gasteiger partial charge on any atom is -0.471 e. The molecule has 0 bridgehead atoms. The second-order valence-electron chi connectivity index (χ2n) is 8.56. The summed E-state index contributed by atoms with van der Waals surface area (Å²) in [6.45, 7) is 3.94. The van der Waals surface area contributed by atoms with Crippen LogP contribution in [0.1, 0.15) is 31.9 Å². The minimum absolute atomic E-state index is 0.290. The Morgan fingerprint density at radius 2 is 1.76 bits per heavy atom. The summed E-state index contributed by atoms with van der Waals surface area (Å²) in [6.07, 6.45) is 2.08. The van der Waals surface area contributed by atoms with Crippen molar-refractivity contribution in [3.8, 4) is 28.3 Å². The summed E-state index contributed by atoms with van der Waals surface area (Å²) in [5.41, 5.74) is 3.05. The van der Waals surface area contributed by atoms with Gasteiger partial charge in [-0.05, 0) is 55.8 Å². The summed E-state index contributed by atoms with van der Waals surface area (Å²) >= 11 is 18.8. The highest BCUT2D eigenvalue weighted by Gasteiger charge is 2.37. The Labute approximate surface area is 205 Å². The van der Waals surface area contributed by atoms with Crippen molar-refractivity contribution in [1.29, 1.82) is 0 Å². The van der Waals surface area contributed by atoms with Crippen LogP contribution in [0, 0.1) is 0 Å². The first-order chi connectivity index (χ1) is 15.7. The molecule has 6 nitrogen and oxygen atoms in total. The summed E-state index contributed by atoms with van der Waals surface area (Å²) in [4.78, 5) is 17.4. The van der Waals surface area contributed by atoms with Crippen LogP contribution in [0.3, 0.4) is 0 Å². The molecule has 0 radical (unpaired) electrons. The molecule has 1 unspecified atom stereocenters. The van der Waals surface area contributed by atoms with Gasteiger partial charge in [0.15, 0.2) is 0 Å². The van der Waals surface area contributed by atoms with E-state index in [0.717, 1.165) is 22.3 Å². The molecule has 0 spiro atoms. The van der Waals surface area contributed by atoms with Crippen LogP contribution in [-0.4, -0.2) is 25.3 Å². The number of aromatic nitrogens is 4. The second-order valence-corrected chi connectivity index (χ2v) is 9.84. The molecule has 1 atom stereocenters. The number of rotatable bonds is 3. The van der Waals surface area contributed by atoms with Crippen molar-refractivity contribution in [3.05, 3.63) is 86.0 Å². The molecule has 1 aliphatic heterocycles. The number of fused-ring (bicyclic) bond motifs is 1. The maximum atomic E-state index is 12.4. The van der Waals surface area contributed by atoms with Crippen LogP contribution < -0.4 is 10.4 Å². The van der Waals surface area contributed by atoms with Crippen LogP contribution in [0.2, 0.25) is 15.1 Å². The van der Waals surface area contributed by atoms with Gasteiger partial charge in [0.05, 0.1) is 16.8 Å². The molecular weight excluding hydrogens is 483 g/mol. The van der Waals surface area contributed by atoms with Crippen LogP contribution in [0.15, 0.2) is 59.7 Å². The van der Waals surface area contributed by atoms with Gasteiger partial charge < -0.3 is 4.74 Å². The molecule has 1 aliphatic rings. The first-order valence-corrected chi connectivity index (χ1v) is 11.4. The van der Waals surface area contributed by atoms with Crippen LogP contribution >= 0.6 is 34.8 Å². The third-order valence-corrected chi connectivity index (χ3v) is 6.49. The predicted octanol–water partition coefficient (Wildman–Crippen LogP) is 6.41. The van der Waals surface area contributed by atoms with Crippen LogP contribution in [0.5, 0.6) is 5.88 Å². The molecule has 2 aromatic heterocycles. The van der Waals surface area contributed by atoms with E-state index in [4.69, 9.17) is 44.5 Å². The van der Waals surface area contributed by atoms with Gasteiger partial charge in [0.2, 0.25) is 5.88 Å². The zero-order chi connectivity index (χ0) is 23.3. The number of hydrogen-bond acceptors (Lipinski definition) is 4. The van der Waals surface area contributed by atoms with E-state index in [1.54, 1.807) is 16.7 Å². The number of aromatic amines is 1. The molecule has 0 amide bonds. The number of nitrogens with zero attached hydrogens (tertiary/aromatic N) is 3. The lowest BCUT2D eigenvalue weighted by Crippen LogP contribution is -2.39. The maximum absolute atomic E-state index is 12.4. The Morgan fingerprint density at radius 1 is 1.03 bits per heavy atom. The zero-order valence-electron chi connectivity index (χ0n) is 17.8. The first-order valence-electron chi connectivity index (χ1n) is 10.3. The molecule has 1 N–H and O–H groups in total. The molecule has 9 heteroatoms. The van der Waals surface area contributed by atoms with E-state index in [2.05, 4.69) is 10.2 Å². The maximum Gasteiger partial charge on any atom is 0.343 e. The Hall–Kier alpha value is -2.80. The highest BCUT2D eigenvalue weighted by molar-refractivity contribution is 6.36. The zero-order valence-corrected chi connectivity index (χ0v) is 20.0. The van der Waals surface area contributed by atoms with Crippen molar-refractivity contribution in [3.63, 3.8) is 0 Å². The lowest BCUT2D eigenvalue weighted by Gasteiger charge is -2.37. The topological polar surface area (TPSA) is 72.8 Å². The van der Waals surface area contributed by atoms with E-state index in [1.165, 1.54) is 6.33 Å². The molecule has 168 valence electrons. The van der Waals surface area contributed by atoms with Crippen LogP contribution in [0.4, 0.5) is 0 Å². The van der Waals surface area contributed by atoms with Crippen molar-refractivity contribution in [1.82, 2.24) is 19.7 Å². The molecule has 3 heterocycles. The van der Waals surface area contributed by atoms with E-state index < -0.39 is 5.60 Å². The fourth-order valence-electron chi connectivity index (χ4n) is 4.17. The smallest absolute Gasteiger partial charge is 0.343 e. The van der Waals surface area contributed by atoms with E-state index in [-0.39, 0.29) is 11.7 Å². The Bertz CT molecular complexity index is 1410. The Morgan fingerprint density at radius 3 is 2.42 bits per heavy atom. The number of hydrogen-bond donors (Lipinski definition) is 1. The molecular formula is C24H19Cl3N4O2. The minimum atomic E-state index is -0.551. The fourth-order valence-corrected chi connectivity index (χ4v) is 4.80. The van der Waals surface area contributed by atoms with Gasteiger partial charge in [-0.1, -0.05) is 46.9 Å². The van der Waals surface area contributed by atoms with Gasteiger partial charge in [-0.15, -0.1) is 0 Å². The number of H-pyrrole nitrogens is 1. The van der Waals surface area contributed by atoms with E-state index in [0.29, 0.717) is 33.1 Å². The van der Waals surface area contributed by atoms with E-state index >= 15 is 0 Å². The van der Waals surface area contributed by atoms with Gasteiger partial charge in [-0.25, -0.2) is 14.9 Å². The molecule has 0 saturated carbocycles. The lowest BCUT2D eigenvalue weighted by molar-refractivity contribution is 0.0607. The lowest BCUT2D eigenvalue weighted by atomic mass is 9.88. The summed E-state index contributed by atoms with van der Waals surface area (Å²) < 4.78 is 7.85. The molecule has 0 fully saturated rings. The van der Waals surface area contributed by atoms with E-state index in [1.807, 2.05) is 50.2 Å². The average Bonchev–Trinajstić information content (AvgIpc) is 3.18. The fraction of sp³-hybridized carbons (Fsp3) is 0.208. The summed E-state index contributed by atoms with van der Waals surface area (Å²) in [5, 5.41) is 8.03. The number of pyridine rings is 1. The number of ether oxygens (including phenoxy) is 1. The van der Waals surface area contributed by atoms with Crippen LogP contribution in [0.25, 0.3) is 22.4 Å². The van der Waals surface area contributed by atoms with E-state index in [9.17, 15) is 4.79 Å². The van der Waals surface area contributed by atoms with Gasteiger partial charge in [0, 0.05) is 33.2 Å². The summed E-state index contributed by atoms with van der Waals surface area (Å²) in [5.74, 6) is 0.447. The largest absolute Gasteiger partial charge is 0.471 e. The molecule has 2 aromatic carbocycles. The standard InChI is InChI=1S/C24H19Cl3N4O2/c1-24(2)11-20(31-12-28-30-23(31)32)18-10-17(13-3-5-14(25)6-4-13)21(29-22(18)33-24)16-8-7-15(26)9-19(16)27/h3-10,12,20H,11H2,1-2H3,(H,30,32). The van der Waals surface area contributed by atoms with Gasteiger partial charge in [-0.2, -0.15) is 5.10 Å². The van der Waals surface area contributed by atoms with Gasteiger partial charge in [-0.3, -0.25) is 4.57 Å². The monoisotopic (exact) mass is 500 g/mol. The molecule has 0 saturated heterocycles. The first kappa shape index (κ1) is 22.0. The molecule has 4 aromatic rings. The van der Waals surface area contributed by atoms with Gasteiger partial charge in [0.1, 0.15) is 11.9 Å². The highest BCUT2D eigenvalue weighted by atomic mass is 35.5. The molecule has 33 heavy (non-hydrogen) atoms. The van der Waals surface area contributed by atoms with Crippen molar-refractivity contribution in [2.24, 2.45) is 0 Å². The number of halogens is 3. The van der Waals surface area contributed by atoms with Crippen LogP contribution in [-0.2, 0) is 0 Å². The van der Waals surface area contributed by atoms with Gasteiger partial charge in [0.25, 0.3) is 0 Å². The predicted molar refractivity (Wildman–Crippen MR) is 130 cm³/mol. The third-order valence-electron chi connectivity index (χ3n) is 5.69. The Kier molecular flexibility index (Phi) is 5.47. The van der Waals surface area contributed by atoms with Crippen molar-refractivity contribution >= 4 is 34.8 Å². The van der Waals surface area contributed by atoms with Crippen molar-refractivity contribution in [2.45, 2.75) is 31.9 Å². The molecule has 5 rings (SSSR count).